The zero-order valence-electron chi connectivity index (χ0n) is 18.8. The van der Waals surface area contributed by atoms with Gasteiger partial charge in [0.1, 0.15) is 5.60 Å². The molecule has 0 amide bonds. The maximum Gasteiger partial charge on any atom is 0.178 e. The van der Waals surface area contributed by atoms with E-state index in [1.165, 1.54) is 6.08 Å². The molecule has 170 valence electrons. The van der Waals surface area contributed by atoms with Crippen molar-refractivity contribution < 1.29 is 28.9 Å². The van der Waals surface area contributed by atoms with Crippen LogP contribution in [0.3, 0.4) is 0 Å². The van der Waals surface area contributed by atoms with Gasteiger partial charge in [0, 0.05) is 16.7 Å². The Bertz CT molecular complexity index is 923. The number of ketones is 1. The second kappa shape index (κ2) is 6.16. The van der Waals surface area contributed by atoms with E-state index in [0.717, 1.165) is 5.57 Å². The number of hydrogen-bond donors (Lipinski definition) is 2. The van der Waals surface area contributed by atoms with Gasteiger partial charge in [-0.2, -0.15) is 0 Å². The number of carbonyl (C=O) groups excluding carboxylic acids is 1. The molecule has 8 atom stereocenters. The number of aliphatic hydroxyl groups excluding tert-OH is 2. The second-order valence-electron chi connectivity index (χ2n) is 11.1. The molecule has 5 aliphatic rings. The molecule has 4 fully saturated rings. The van der Waals surface area contributed by atoms with Crippen LogP contribution in [0.15, 0.2) is 36.0 Å². The zero-order chi connectivity index (χ0) is 22.6. The molecular weight excluding hydrogens is 399 g/mol. The molecule has 0 unspecified atom stereocenters. The summed E-state index contributed by atoms with van der Waals surface area (Å²) in [7, 11) is 0. The molecule has 31 heavy (non-hydrogen) atoms. The molecule has 4 aliphatic carbocycles. The average molecular weight is 433 g/mol. The van der Waals surface area contributed by atoms with Crippen LogP contribution in [-0.2, 0) is 14.3 Å². The van der Waals surface area contributed by atoms with Crippen LogP contribution >= 0.6 is 0 Å². The van der Waals surface area contributed by atoms with Gasteiger partial charge >= 0.3 is 0 Å². The van der Waals surface area contributed by atoms with E-state index in [9.17, 15) is 15.0 Å². The first-order chi connectivity index (χ1) is 14.4. The summed E-state index contributed by atoms with van der Waals surface area (Å²) in [6, 6.07) is 0. The molecule has 0 spiro atoms. The average Bonchev–Trinajstić information content (AvgIpc) is 3.09. The van der Waals surface area contributed by atoms with Gasteiger partial charge in [-0.3, -0.25) is 4.79 Å². The second-order valence-corrected chi connectivity index (χ2v) is 11.1. The fourth-order valence-electron chi connectivity index (χ4n) is 8.07. The molecule has 0 aromatic carbocycles. The minimum atomic E-state index is -1.89. The number of ether oxygens (including phenoxy) is 2. The summed E-state index contributed by atoms with van der Waals surface area (Å²) in [6.45, 7) is 11.4. The Morgan fingerprint density at radius 1 is 1.29 bits per heavy atom. The topological polar surface area (TPSA) is 76.0 Å². The van der Waals surface area contributed by atoms with Crippen LogP contribution in [0.5, 0.6) is 0 Å². The van der Waals surface area contributed by atoms with Gasteiger partial charge < -0.3 is 19.7 Å². The summed E-state index contributed by atoms with van der Waals surface area (Å²) >= 11 is 0. The molecule has 5 rings (SSSR count). The zero-order valence-corrected chi connectivity index (χ0v) is 18.8. The van der Waals surface area contributed by atoms with Crippen LogP contribution in [0.25, 0.3) is 0 Å². The van der Waals surface area contributed by atoms with E-state index < -0.39 is 39.9 Å². The van der Waals surface area contributed by atoms with Gasteiger partial charge in [0.15, 0.2) is 17.2 Å². The number of carbonyl (C=O) groups is 1. The third kappa shape index (κ3) is 2.32. The predicted octanol–water partition coefficient (Wildman–Crippen LogP) is 3.41. The first-order valence-corrected chi connectivity index (χ1v) is 11.3. The molecule has 1 aliphatic heterocycles. The summed E-state index contributed by atoms with van der Waals surface area (Å²) in [5.41, 5.74) is -3.25. The fourth-order valence-corrected chi connectivity index (χ4v) is 8.07. The summed E-state index contributed by atoms with van der Waals surface area (Å²) in [6.07, 6.45) is 4.95. The summed E-state index contributed by atoms with van der Waals surface area (Å²) < 4.78 is 30.0. The smallest absolute Gasteiger partial charge is 0.178 e. The van der Waals surface area contributed by atoms with Crippen molar-refractivity contribution in [2.45, 2.75) is 82.6 Å². The van der Waals surface area contributed by atoms with Crippen LogP contribution in [-0.4, -0.2) is 51.9 Å². The van der Waals surface area contributed by atoms with E-state index in [1.807, 2.05) is 27.7 Å². The van der Waals surface area contributed by atoms with E-state index in [-0.39, 0.29) is 30.8 Å². The maximum atomic E-state index is 17.2. The lowest BCUT2D eigenvalue weighted by Gasteiger charge is -2.63. The third-order valence-corrected chi connectivity index (χ3v) is 9.35. The standard InChI is InChI=1S/C25H33FO5/c1-14(13-27)25-20(30-21(2,3)31-25)11-18-17-7-6-15-10-16(28)8-9-22(15,4)24(17,26)19(29)12-23(18,25)5/h8-10,17-20,27,29H,1,6-7,11-13H2,2-5H3/t17-,18-,19-,20+,22-,23-,24-,25+/m0/s1. The van der Waals surface area contributed by atoms with E-state index >= 15 is 4.39 Å². The highest BCUT2D eigenvalue weighted by Gasteiger charge is 2.78. The quantitative estimate of drug-likeness (QED) is 0.654. The van der Waals surface area contributed by atoms with Gasteiger partial charge in [-0.15, -0.1) is 0 Å². The number of halogens is 1. The van der Waals surface area contributed by atoms with Crippen molar-refractivity contribution in [3.05, 3.63) is 36.0 Å². The first kappa shape index (κ1) is 21.5. The lowest BCUT2D eigenvalue weighted by Crippen LogP contribution is -2.69. The van der Waals surface area contributed by atoms with Gasteiger partial charge in [0.2, 0.25) is 0 Å². The van der Waals surface area contributed by atoms with E-state index in [2.05, 4.69) is 6.58 Å². The Kier molecular flexibility index (Phi) is 4.27. The normalized spacial score (nSPS) is 52.1. The maximum absolute atomic E-state index is 17.2. The van der Waals surface area contributed by atoms with Crippen molar-refractivity contribution in [3.8, 4) is 0 Å². The molecule has 0 aromatic heterocycles. The molecule has 2 N–H and O–H groups in total. The fraction of sp³-hybridized carbons (Fsp3) is 0.720. The number of allylic oxidation sites excluding steroid dienone is 4. The number of fused-ring (bicyclic) bond motifs is 7. The van der Waals surface area contributed by atoms with Gasteiger partial charge in [-0.25, -0.2) is 4.39 Å². The molecule has 1 heterocycles. The van der Waals surface area contributed by atoms with Crippen molar-refractivity contribution in [3.63, 3.8) is 0 Å². The molecule has 1 saturated heterocycles. The summed E-state index contributed by atoms with van der Waals surface area (Å²) in [5.74, 6) is -1.52. The Labute approximate surface area is 183 Å². The van der Waals surface area contributed by atoms with Crippen LogP contribution in [0.4, 0.5) is 4.39 Å². The Balaban J connectivity index is 1.64. The molecule has 0 aromatic rings. The van der Waals surface area contributed by atoms with Crippen LogP contribution < -0.4 is 0 Å². The van der Waals surface area contributed by atoms with Crippen molar-refractivity contribution in [1.29, 1.82) is 0 Å². The van der Waals surface area contributed by atoms with E-state index in [4.69, 9.17) is 9.47 Å². The predicted molar refractivity (Wildman–Crippen MR) is 113 cm³/mol. The largest absolute Gasteiger partial charge is 0.392 e. The van der Waals surface area contributed by atoms with Crippen molar-refractivity contribution in [2.24, 2.45) is 22.7 Å². The highest BCUT2D eigenvalue weighted by Crippen LogP contribution is 2.73. The third-order valence-electron chi connectivity index (χ3n) is 9.35. The Morgan fingerprint density at radius 3 is 2.68 bits per heavy atom. The minimum absolute atomic E-state index is 0.116. The van der Waals surface area contributed by atoms with E-state index in [0.29, 0.717) is 24.8 Å². The minimum Gasteiger partial charge on any atom is -0.392 e. The molecule has 0 radical (unpaired) electrons. The molecule has 6 heteroatoms. The number of rotatable bonds is 2. The lowest BCUT2D eigenvalue weighted by molar-refractivity contribution is -0.242. The lowest BCUT2D eigenvalue weighted by atomic mass is 9.44. The SMILES string of the molecule is C=C(CO)[C@@]12OC(C)(C)O[C@@H]1C[C@H]1[C@@H]3CCC4=CC(=O)C=C[C@]4(C)[C@@]3(F)[C@@H](O)C[C@@]12C. The highest BCUT2D eigenvalue weighted by molar-refractivity contribution is 6.01. The monoisotopic (exact) mass is 432 g/mol. The van der Waals surface area contributed by atoms with Crippen LogP contribution in [0, 0.1) is 22.7 Å². The Hall–Kier alpha value is -1.34. The van der Waals surface area contributed by atoms with Crippen molar-refractivity contribution >= 4 is 5.78 Å². The molecular formula is C25H33FO5. The van der Waals surface area contributed by atoms with Gasteiger partial charge in [0.25, 0.3) is 0 Å². The van der Waals surface area contributed by atoms with Crippen LogP contribution in [0.1, 0.15) is 53.4 Å². The number of hydrogen-bond acceptors (Lipinski definition) is 5. The first-order valence-electron chi connectivity index (χ1n) is 11.3. The highest BCUT2D eigenvalue weighted by atomic mass is 19.1. The molecule has 0 bridgehead atoms. The summed E-state index contributed by atoms with van der Waals surface area (Å²) in [4.78, 5) is 12.0. The van der Waals surface area contributed by atoms with E-state index in [1.54, 1.807) is 12.2 Å². The van der Waals surface area contributed by atoms with Crippen molar-refractivity contribution in [1.82, 2.24) is 0 Å². The molecule has 3 saturated carbocycles. The van der Waals surface area contributed by atoms with Crippen molar-refractivity contribution in [2.75, 3.05) is 6.61 Å². The number of alkyl halides is 1. The van der Waals surface area contributed by atoms with Gasteiger partial charge in [-0.05, 0) is 70.1 Å². The number of aliphatic hydroxyl groups is 2. The van der Waals surface area contributed by atoms with Gasteiger partial charge in [-0.1, -0.05) is 25.2 Å². The van der Waals surface area contributed by atoms with Gasteiger partial charge in [0.05, 0.1) is 18.8 Å². The Morgan fingerprint density at radius 2 is 2.00 bits per heavy atom. The molecule has 5 nitrogen and oxygen atoms in total. The van der Waals surface area contributed by atoms with Crippen LogP contribution in [0.2, 0.25) is 0 Å². The summed E-state index contributed by atoms with van der Waals surface area (Å²) in [5, 5.41) is 21.5.